The Labute approximate surface area is 127 Å². The van der Waals surface area contributed by atoms with Crippen LogP contribution >= 0.6 is 11.3 Å². The summed E-state index contributed by atoms with van der Waals surface area (Å²) in [6.07, 6.45) is 0.770. The molecule has 0 unspecified atom stereocenters. The summed E-state index contributed by atoms with van der Waals surface area (Å²) in [5.74, 6) is -1.40. The van der Waals surface area contributed by atoms with Crippen LogP contribution in [0.2, 0.25) is 0 Å². The molecule has 0 aliphatic heterocycles. The maximum atomic E-state index is 11.9. The molecule has 0 aliphatic carbocycles. The maximum Gasteiger partial charge on any atom is 0.326 e. The molecule has 5 nitrogen and oxygen atoms in total. The molecule has 2 aromatic rings. The van der Waals surface area contributed by atoms with Crippen molar-refractivity contribution in [3.05, 3.63) is 29.3 Å². The highest BCUT2D eigenvalue weighted by atomic mass is 32.1. The zero-order valence-electron chi connectivity index (χ0n) is 12.0. The van der Waals surface area contributed by atoms with Gasteiger partial charge in [-0.3, -0.25) is 4.79 Å². The molecule has 1 amide bonds. The fourth-order valence-corrected chi connectivity index (χ4v) is 2.97. The summed E-state index contributed by atoms with van der Waals surface area (Å²) in [4.78, 5) is 27.4. The van der Waals surface area contributed by atoms with E-state index in [0.29, 0.717) is 6.42 Å². The number of amides is 1. The third kappa shape index (κ3) is 4.01. The van der Waals surface area contributed by atoms with Crippen LogP contribution in [0.25, 0.3) is 10.2 Å². The first-order chi connectivity index (χ1) is 9.97. The van der Waals surface area contributed by atoms with Gasteiger partial charge in [-0.05, 0) is 18.1 Å². The van der Waals surface area contributed by atoms with E-state index in [1.54, 1.807) is 25.2 Å². The van der Waals surface area contributed by atoms with E-state index >= 15 is 0 Å². The first kappa shape index (κ1) is 15.4. The summed E-state index contributed by atoms with van der Waals surface area (Å²) in [5, 5.41) is 12.5. The minimum atomic E-state index is -1.00. The monoisotopic (exact) mass is 306 g/mol. The number of aliphatic carboxylic acids is 1. The van der Waals surface area contributed by atoms with Crippen molar-refractivity contribution in [2.24, 2.45) is 5.92 Å². The normalized spacial score (nSPS) is 12.5. The van der Waals surface area contributed by atoms with Crippen LogP contribution in [0.15, 0.2) is 24.3 Å². The molecule has 6 heteroatoms. The lowest BCUT2D eigenvalue weighted by molar-refractivity contribution is -0.143. The number of para-hydroxylation sites is 1. The van der Waals surface area contributed by atoms with Gasteiger partial charge in [0.05, 0.1) is 15.2 Å². The number of benzene rings is 1. The van der Waals surface area contributed by atoms with Gasteiger partial charge in [0.15, 0.2) is 0 Å². The molecule has 1 heterocycles. The number of carbonyl (C=O) groups is 2. The molecule has 1 aromatic carbocycles. The molecule has 2 N–H and O–H groups in total. The van der Waals surface area contributed by atoms with Gasteiger partial charge >= 0.3 is 5.97 Å². The lowest BCUT2D eigenvalue weighted by atomic mass is 10.0. The SMILES string of the molecule is CC(C)[C@H](NC(=O)CCc1nc2ccccc2s1)C(=O)O. The smallest absolute Gasteiger partial charge is 0.326 e. The molecule has 0 fully saturated rings. The number of aromatic nitrogens is 1. The molecular weight excluding hydrogens is 288 g/mol. The number of hydrogen-bond acceptors (Lipinski definition) is 4. The van der Waals surface area contributed by atoms with Gasteiger partial charge in [0.1, 0.15) is 6.04 Å². The quantitative estimate of drug-likeness (QED) is 0.859. The Morgan fingerprint density at radius 2 is 2.05 bits per heavy atom. The summed E-state index contributed by atoms with van der Waals surface area (Å²) in [7, 11) is 0. The summed E-state index contributed by atoms with van der Waals surface area (Å²) < 4.78 is 1.10. The molecule has 0 spiro atoms. The summed E-state index contributed by atoms with van der Waals surface area (Å²) in [6, 6.07) is 6.98. The third-order valence-electron chi connectivity index (χ3n) is 3.15. The maximum absolute atomic E-state index is 11.9. The Balaban J connectivity index is 1.93. The van der Waals surface area contributed by atoms with Crippen LogP contribution in [0, 0.1) is 5.92 Å². The van der Waals surface area contributed by atoms with E-state index in [9.17, 15) is 9.59 Å². The van der Waals surface area contributed by atoms with E-state index in [0.717, 1.165) is 15.2 Å². The van der Waals surface area contributed by atoms with Crippen LogP contribution in [-0.2, 0) is 16.0 Å². The lowest BCUT2D eigenvalue weighted by Crippen LogP contribution is -2.44. The van der Waals surface area contributed by atoms with Crippen LogP contribution in [0.5, 0.6) is 0 Å². The van der Waals surface area contributed by atoms with Crippen molar-refractivity contribution in [2.75, 3.05) is 0 Å². The number of rotatable bonds is 6. The first-order valence-electron chi connectivity index (χ1n) is 6.84. The van der Waals surface area contributed by atoms with E-state index in [4.69, 9.17) is 5.11 Å². The standard InChI is InChI=1S/C15H18N2O3S/c1-9(2)14(15(19)20)17-12(18)7-8-13-16-10-5-3-4-6-11(10)21-13/h3-6,9,14H,7-8H2,1-2H3,(H,17,18)(H,19,20)/t14-/m0/s1. The highest BCUT2D eigenvalue weighted by Gasteiger charge is 2.23. The molecule has 1 aromatic heterocycles. The number of fused-ring (bicyclic) bond motifs is 1. The van der Waals surface area contributed by atoms with Gasteiger partial charge in [-0.25, -0.2) is 9.78 Å². The van der Waals surface area contributed by atoms with Crippen molar-refractivity contribution in [1.29, 1.82) is 0 Å². The molecule has 112 valence electrons. The highest BCUT2D eigenvalue weighted by Crippen LogP contribution is 2.22. The largest absolute Gasteiger partial charge is 0.480 e. The zero-order chi connectivity index (χ0) is 15.4. The topological polar surface area (TPSA) is 79.3 Å². The molecule has 0 saturated heterocycles. The molecule has 0 aliphatic rings. The van der Waals surface area contributed by atoms with Crippen molar-refractivity contribution in [3.8, 4) is 0 Å². The number of thiazole rings is 1. The fourth-order valence-electron chi connectivity index (χ4n) is 2.01. The van der Waals surface area contributed by atoms with E-state index in [-0.39, 0.29) is 18.2 Å². The summed E-state index contributed by atoms with van der Waals surface area (Å²) >= 11 is 1.56. The van der Waals surface area contributed by atoms with Crippen molar-refractivity contribution >= 4 is 33.4 Å². The molecule has 0 radical (unpaired) electrons. The number of aryl methyl sites for hydroxylation is 1. The Kier molecular flexibility index (Phi) is 4.90. The third-order valence-corrected chi connectivity index (χ3v) is 4.25. The number of nitrogens with one attached hydrogen (secondary N) is 1. The van der Waals surface area contributed by atoms with Gasteiger partial charge < -0.3 is 10.4 Å². The summed E-state index contributed by atoms with van der Waals surface area (Å²) in [5.41, 5.74) is 0.934. The predicted molar refractivity (Wildman–Crippen MR) is 82.3 cm³/mol. The second-order valence-corrected chi connectivity index (χ2v) is 6.32. The van der Waals surface area contributed by atoms with E-state index in [2.05, 4.69) is 10.3 Å². The van der Waals surface area contributed by atoms with Crippen molar-refractivity contribution in [1.82, 2.24) is 10.3 Å². The van der Waals surface area contributed by atoms with Gasteiger partial charge in [-0.2, -0.15) is 0 Å². The Bertz CT molecular complexity index is 618. The minimum absolute atomic E-state index is 0.145. The summed E-state index contributed by atoms with van der Waals surface area (Å²) in [6.45, 7) is 3.54. The molecule has 0 saturated carbocycles. The van der Waals surface area contributed by atoms with Gasteiger partial charge in [-0.15, -0.1) is 11.3 Å². The van der Waals surface area contributed by atoms with Crippen molar-refractivity contribution < 1.29 is 14.7 Å². The Morgan fingerprint density at radius 1 is 1.33 bits per heavy atom. The van der Waals surface area contributed by atoms with E-state index in [1.165, 1.54) is 0 Å². The van der Waals surface area contributed by atoms with Crippen LogP contribution in [0.1, 0.15) is 25.3 Å². The van der Waals surface area contributed by atoms with E-state index < -0.39 is 12.0 Å². The van der Waals surface area contributed by atoms with E-state index in [1.807, 2.05) is 24.3 Å². The van der Waals surface area contributed by atoms with Gasteiger partial charge in [0, 0.05) is 12.8 Å². The number of carboxylic acid groups (broad SMARTS) is 1. The van der Waals surface area contributed by atoms with Gasteiger partial charge in [0.25, 0.3) is 0 Å². The molecule has 0 bridgehead atoms. The number of nitrogens with zero attached hydrogens (tertiary/aromatic N) is 1. The number of carboxylic acids is 1. The van der Waals surface area contributed by atoms with Crippen LogP contribution in [-0.4, -0.2) is 28.0 Å². The second-order valence-electron chi connectivity index (χ2n) is 5.20. The van der Waals surface area contributed by atoms with Gasteiger partial charge in [-0.1, -0.05) is 26.0 Å². The lowest BCUT2D eigenvalue weighted by Gasteiger charge is -2.17. The number of hydrogen-bond donors (Lipinski definition) is 2. The van der Waals surface area contributed by atoms with Crippen LogP contribution in [0.3, 0.4) is 0 Å². The highest BCUT2D eigenvalue weighted by molar-refractivity contribution is 7.18. The Hall–Kier alpha value is -1.95. The Morgan fingerprint density at radius 3 is 2.67 bits per heavy atom. The first-order valence-corrected chi connectivity index (χ1v) is 7.65. The van der Waals surface area contributed by atoms with Gasteiger partial charge in [0.2, 0.25) is 5.91 Å². The molecule has 21 heavy (non-hydrogen) atoms. The average Bonchev–Trinajstić information content (AvgIpc) is 2.84. The molecule has 1 atom stereocenters. The van der Waals surface area contributed by atoms with Crippen LogP contribution in [0.4, 0.5) is 0 Å². The minimum Gasteiger partial charge on any atom is -0.480 e. The second kappa shape index (κ2) is 6.67. The number of carbonyl (C=O) groups excluding carboxylic acids is 1. The molecule has 2 rings (SSSR count). The average molecular weight is 306 g/mol. The van der Waals surface area contributed by atoms with Crippen LogP contribution < -0.4 is 5.32 Å². The zero-order valence-corrected chi connectivity index (χ0v) is 12.8. The van der Waals surface area contributed by atoms with Crippen molar-refractivity contribution in [3.63, 3.8) is 0 Å². The fraction of sp³-hybridized carbons (Fsp3) is 0.400. The van der Waals surface area contributed by atoms with Crippen molar-refractivity contribution in [2.45, 2.75) is 32.7 Å². The molecular formula is C15H18N2O3S. The predicted octanol–water partition coefficient (Wildman–Crippen LogP) is 2.45.